The van der Waals surface area contributed by atoms with Crippen LogP contribution in [0.25, 0.3) is 17.3 Å². The molecule has 0 spiro atoms. The van der Waals surface area contributed by atoms with Crippen LogP contribution in [0.15, 0.2) is 41.0 Å². The van der Waals surface area contributed by atoms with Crippen molar-refractivity contribution in [1.82, 2.24) is 14.8 Å². The molecule has 2 aromatic heterocycles. The van der Waals surface area contributed by atoms with Crippen LogP contribution in [0, 0.1) is 0 Å². The first-order valence-electron chi connectivity index (χ1n) is 11.3. The van der Waals surface area contributed by atoms with Crippen molar-refractivity contribution in [1.29, 1.82) is 0 Å². The molecule has 0 atom stereocenters. The highest BCUT2D eigenvalue weighted by Gasteiger charge is 2.33. The Labute approximate surface area is 212 Å². The van der Waals surface area contributed by atoms with E-state index in [9.17, 15) is 13.2 Å². The summed E-state index contributed by atoms with van der Waals surface area (Å²) in [4.78, 5) is 11.8. The molecule has 0 saturated carbocycles. The summed E-state index contributed by atoms with van der Waals surface area (Å²) >= 11 is 0. The Hall–Kier alpha value is -3.32. The molecule has 0 unspecified atom stereocenters. The molecule has 196 valence electrons. The SMILES string of the molecule is COC(=O)CCS(=O)(=O)N(CC[Si](C)(C)C)c1nnc(-c2ccco2)n1-c1c(OC)cccc1OC. The van der Waals surface area contributed by atoms with Crippen LogP contribution in [0.3, 0.4) is 0 Å². The molecule has 0 bridgehead atoms. The molecule has 13 heteroatoms. The lowest BCUT2D eigenvalue weighted by Gasteiger charge is -2.27. The van der Waals surface area contributed by atoms with E-state index in [1.165, 1.54) is 31.9 Å². The number of hydrogen-bond donors (Lipinski definition) is 0. The standard InChI is InChI=1S/C23H32N4O7SSi/c1-31-17-9-7-10-18(32-2)21(17)27-22(19-11-8-14-34-19)24-25-23(27)26(13-16-36(4,5)6)35(29,30)15-12-20(28)33-3/h7-11,14H,12-13,15-16H2,1-6H3. The van der Waals surface area contributed by atoms with Gasteiger partial charge < -0.3 is 18.6 Å². The average Bonchev–Trinajstić information content (AvgIpc) is 3.51. The van der Waals surface area contributed by atoms with Gasteiger partial charge in [0.15, 0.2) is 5.76 Å². The van der Waals surface area contributed by atoms with Gasteiger partial charge in [-0.05, 0) is 30.3 Å². The molecule has 0 fully saturated rings. The number of carbonyl (C=O) groups excluding carboxylic acids is 1. The zero-order valence-corrected chi connectivity index (χ0v) is 23.2. The summed E-state index contributed by atoms with van der Waals surface area (Å²) in [5.74, 6) is 0.441. The Morgan fingerprint density at radius 2 is 1.72 bits per heavy atom. The maximum absolute atomic E-state index is 13.6. The summed E-state index contributed by atoms with van der Waals surface area (Å²) in [6.07, 6.45) is 1.20. The first-order chi connectivity index (χ1) is 17.0. The first-order valence-corrected chi connectivity index (χ1v) is 16.6. The number of ether oxygens (including phenoxy) is 3. The summed E-state index contributed by atoms with van der Waals surface area (Å²) in [6.45, 7) is 6.60. The van der Waals surface area contributed by atoms with Gasteiger partial charge in [-0.15, -0.1) is 10.2 Å². The molecule has 0 radical (unpaired) electrons. The number of hydrogen-bond acceptors (Lipinski definition) is 9. The molecular formula is C23H32N4O7SSi. The van der Waals surface area contributed by atoms with Crippen LogP contribution in [0.1, 0.15) is 6.42 Å². The van der Waals surface area contributed by atoms with Crippen molar-refractivity contribution in [3.05, 3.63) is 36.6 Å². The Morgan fingerprint density at radius 1 is 1.06 bits per heavy atom. The van der Waals surface area contributed by atoms with Gasteiger partial charge in [0.25, 0.3) is 0 Å². The molecule has 0 N–H and O–H groups in total. The van der Waals surface area contributed by atoms with Gasteiger partial charge in [0.2, 0.25) is 21.8 Å². The highest BCUT2D eigenvalue weighted by molar-refractivity contribution is 7.92. The summed E-state index contributed by atoms with van der Waals surface area (Å²) in [5.41, 5.74) is 0.412. The third-order valence-corrected chi connectivity index (χ3v) is 8.89. The number of para-hydroxylation sites is 1. The van der Waals surface area contributed by atoms with E-state index in [-0.39, 0.29) is 24.7 Å². The number of furan rings is 1. The van der Waals surface area contributed by atoms with Crippen LogP contribution in [0.4, 0.5) is 5.95 Å². The van der Waals surface area contributed by atoms with Crippen molar-refractivity contribution in [2.75, 3.05) is 37.9 Å². The average molecular weight is 537 g/mol. The molecule has 1 aromatic carbocycles. The highest BCUT2D eigenvalue weighted by Crippen LogP contribution is 2.39. The number of benzene rings is 1. The molecule has 0 aliphatic carbocycles. The third kappa shape index (κ3) is 6.08. The minimum Gasteiger partial charge on any atom is -0.494 e. The van der Waals surface area contributed by atoms with Crippen molar-refractivity contribution in [3.8, 4) is 28.8 Å². The molecule has 0 saturated heterocycles. The van der Waals surface area contributed by atoms with Crippen molar-refractivity contribution < 1.29 is 31.8 Å². The molecule has 3 rings (SSSR count). The lowest BCUT2D eigenvalue weighted by atomic mass is 10.2. The Bertz CT molecular complexity index is 1260. The predicted octanol–water partition coefficient (Wildman–Crippen LogP) is 3.58. The van der Waals surface area contributed by atoms with Gasteiger partial charge in [-0.25, -0.2) is 12.7 Å². The smallest absolute Gasteiger partial charge is 0.306 e. The fraction of sp³-hybridized carbons (Fsp3) is 0.435. The van der Waals surface area contributed by atoms with E-state index >= 15 is 0 Å². The Morgan fingerprint density at radius 3 is 2.25 bits per heavy atom. The van der Waals surface area contributed by atoms with E-state index in [1.807, 2.05) is 0 Å². The summed E-state index contributed by atoms with van der Waals surface area (Å²) < 4.78 is 51.5. The van der Waals surface area contributed by atoms with Gasteiger partial charge >= 0.3 is 5.97 Å². The minimum atomic E-state index is -4.01. The number of methoxy groups -OCH3 is 3. The van der Waals surface area contributed by atoms with Crippen LogP contribution < -0.4 is 13.8 Å². The molecule has 2 heterocycles. The number of aromatic nitrogens is 3. The van der Waals surface area contributed by atoms with E-state index in [4.69, 9.17) is 13.9 Å². The van der Waals surface area contributed by atoms with E-state index in [0.717, 1.165) is 0 Å². The number of carbonyl (C=O) groups is 1. The molecule has 0 amide bonds. The van der Waals surface area contributed by atoms with E-state index in [1.54, 1.807) is 34.9 Å². The molecule has 11 nitrogen and oxygen atoms in total. The molecule has 0 aliphatic heterocycles. The summed E-state index contributed by atoms with van der Waals surface area (Å²) in [6, 6.07) is 9.26. The lowest BCUT2D eigenvalue weighted by Crippen LogP contribution is -2.39. The van der Waals surface area contributed by atoms with E-state index < -0.39 is 29.8 Å². The van der Waals surface area contributed by atoms with Crippen molar-refractivity contribution in [2.24, 2.45) is 0 Å². The Balaban J connectivity index is 2.27. The highest BCUT2D eigenvalue weighted by atomic mass is 32.2. The number of nitrogens with zero attached hydrogens (tertiary/aromatic N) is 4. The van der Waals surface area contributed by atoms with Gasteiger partial charge in [0.1, 0.15) is 17.2 Å². The zero-order chi connectivity index (χ0) is 26.5. The van der Waals surface area contributed by atoms with E-state index in [2.05, 4.69) is 34.6 Å². The normalized spacial score (nSPS) is 11.8. The first kappa shape index (κ1) is 27.3. The molecule has 0 aliphatic rings. The maximum atomic E-state index is 13.6. The number of esters is 1. The van der Waals surface area contributed by atoms with Gasteiger partial charge in [-0.1, -0.05) is 25.7 Å². The second kappa shape index (κ2) is 11.2. The summed E-state index contributed by atoms with van der Waals surface area (Å²) in [5, 5.41) is 8.60. The molecule has 36 heavy (non-hydrogen) atoms. The second-order valence-electron chi connectivity index (χ2n) is 9.17. The minimum absolute atomic E-state index is 0.0346. The number of anilines is 1. The predicted molar refractivity (Wildman–Crippen MR) is 138 cm³/mol. The van der Waals surface area contributed by atoms with E-state index in [0.29, 0.717) is 29.0 Å². The molecule has 3 aromatic rings. The van der Waals surface area contributed by atoms with Crippen LogP contribution in [-0.2, 0) is 19.6 Å². The quantitative estimate of drug-likeness (QED) is 0.252. The van der Waals surface area contributed by atoms with Gasteiger partial charge in [-0.2, -0.15) is 0 Å². The second-order valence-corrected chi connectivity index (χ2v) is 16.8. The Kier molecular flexibility index (Phi) is 8.46. The van der Waals surface area contributed by atoms with Gasteiger partial charge in [0, 0.05) is 14.6 Å². The van der Waals surface area contributed by atoms with Gasteiger partial charge in [-0.3, -0.25) is 9.36 Å². The van der Waals surface area contributed by atoms with Crippen LogP contribution in [-0.4, -0.2) is 70.9 Å². The largest absolute Gasteiger partial charge is 0.494 e. The lowest BCUT2D eigenvalue weighted by molar-refractivity contribution is -0.140. The van der Waals surface area contributed by atoms with Crippen molar-refractivity contribution in [2.45, 2.75) is 32.1 Å². The topological polar surface area (TPSA) is 126 Å². The van der Waals surface area contributed by atoms with Crippen molar-refractivity contribution >= 4 is 30.0 Å². The zero-order valence-electron chi connectivity index (χ0n) is 21.3. The molecular weight excluding hydrogens is 504 g/mol. The van der Waals surface area contributed by atoms with Crippen LogP contribution in [0.5, 0.6) is 11.5 Å². The third-order valence-electron chi connectivity index (χ3n) is 5.43. The maximum Gasteiger partial charge on any atom is 0.306 e. The van der Waals surface area contributed by atoms with Crippen molar-refractivity contribution in [3.63, 3.8) is 0 Å². The monoisotopic (exact) mass is 536 g/mol. The van der Waals surface area contributed by atoms with Gasteiger partial charge in [0.05, 0.1) is 39.8 Å². The van der Waals surface area contributed by atoms with Crippen LogP contribution in [0.2, 0.25) is 25.7 Å². The fourth-order valence-electron chi connectivity index (χ4n) is 3.49. The fourth-order valence-corrected chi connectivity index (χ4v) is 5.92. The van der Waals surface area contributed by atoms with Crippen LogP contribution >= 0.6 is 0 Å². The number of sulfonamides is 1. The number of rotatable bonds is 12. The summed E-state index contributed by atoms with van der Waals surface area (Å²) in [7, 11) is -1.46.